The van der Waals surface area contributed by atoms with Gasteiger partial charge in [0, 0.05) is 7.11 Å². The molecular weight excluding hydrogens is 144 g/mol. The third-order valence-electron chi connectivity index (χ3n) is 1.15. The van der Waals surface area contributed by atoms with Crippen LogP contribution in [-0.2, 0) is 11.3 Å². The lowest BCUT2D eigenvalue weighted by molar-refractivity contribution is 0.181. The molecule has 0 atom stereocenters. The lowest BCUT2D eigenvalue weighted by atomic mass is 10.5. The first-order chi connectivity index (χ1) is 5.36. The Labute approximate surface area is 64.6 Å². The molecule has 0 aromatic carbocycles. The van der Waals surface area contributed by atoms with Gasteiger partial charge in [-0.3, -0.25) is 4.98 Å². The molecule has 1 aromatic heterocycles. The fourth-order valence-electron chi connectivity index (χ4n) is 0.652. The number of nitrogens with zero attached hydrogens (tertiary/aromatic N) is 2. The summed E-state index contributed by atoms with van der Waals surface area (Å²) < 4.78 is 4.85. The van der Waals surface area contributed by atoms with Gasteiger partial charge < -0.3 is 10.2 Å². The highest BCUT2D eigenvalue weighted by atomic mass is 16.5. The second kappa shape index (κ2) is 3.85. The highest BCUT2D eigenvalue weighted by Gasteiger charge is 1.93. The van der Waals surface area contributed by atoms with Crippen molar-refractivity contribution in [3.63, 3.8) is 0 Å². The van der Waals surface area contributed by atoms with Crippen molar-refractivity contribution in [2.75, 3.05) is 12.5 Å². The Hall–Kier alpha value is -1.20. The van der Waals surface area contributed by atoms with Crippen molar-refractivity contribution >= 4 is 5.82 Å². The molecular formula is C6H10N4O. The van der Waals surface area contributed by atoms with E-state index in [4.69, 9.17) is 10.6 Å². The standard InChI is InChI=1S/C6H10N4O/c1-11-4-5-2-9-6(10-7)3-8-5/h2-3H,4,7H2,1H3,(H,9,10). The molecule has 0 fully saturated rings. The van der Waals surface area contributed by atoms with Gasteiger partial charge in [-0.1, -0.05) is 0 Å². The Kier molecular flexibility index (Phi) is 2.76. The van der Waals surface area contributed by atoms with Gasteiger partial charge in [-0.15, -0.1) is 0 Å². The maximum atomic E-state index is 5.09. The summed E-state index contributed by atoms with van der Waals surface area (Å²) in [6.07, 6.45) is 3.16. The second-order valence-corrected chi connectivity index (χ2v) is 1.97. The predicted octanol–water partition coefficient (Wildman–Crippen LogP) is -0.0914. The number of methoxy groups -OCH3 is 1. The molecule has 1 heterocycles. The summed E-state index contributed by atoms with van der Waals surface area (Å²) in [7, 11) is 1.61. The van der Waals surface area contributed by atoms with Gasteiger partial charge in [0.15, 0.2) is 5.82 Å². The molecule has 0 saturated heterocycles. The van der Waals surface area contributed by atoms with Crippen LogP contribution >= 0.6 is 0 Å². The van der Waals surface area contributed by atoms with Gasteiger partial charge in [0.1, 0.15) is 0 Å². The van der Waals surface area contributed by atoms with E-state index >= 15 is 0 Å². The van der Waals surface area contributed by atoms with Crippen LogP contribution in [-0.4, -0.2) is 17.1 Å². The van der Waals surface area contributed by atoms with Crippen molar-refractivity contribution in [3.8, 4) is 0 Å². The summed E-state index contributed by atoms with van der Waals surface area (Å²) in [6, 6.07) is 0. The van der Waals surface area contributed by atoms with E-state index in [1.807, 2.05) is 0 Å². The molecule has 1 aromatic rings. The van der Waals surface area contributed by atoms with Crippen LogP contribution in [0.3, 0.4) is 0 Å². The summed E-state index contributed by atoms with van der Waals surface area (Å²) in [4.78, 5) is 7.95. The van der Waals surface area contributed by atoms with Crippen LogP contribution in [0.4, 0.5) is 5.82 Å². The van der Waals surface area contributed by atoms with Crippen LogP contribution in [0, 0.1) is 0 Å². The summed E-state index contributed by atoms with van der Waals surface area (Å²) in [6.45, 7) is 0.470. The Morgan fingerprint density at radius 1 is 1.55 bits per heavy atom. The average molecular weight is 154 g/mol. The number of rotatable bonds is 3. The van der Waals surface area contributed by atoms with E-state index in [2.05, 4.69) is 15.4 Å². The number of nitrogens with one attached hydrogen (secondary N) is 1. The van der Waals surface area contributed by atoms with Crippen molar-refractivity contribution in [2.45, 2.75) is 6.61 Å². The van der Waals surface area contributed by atoms with Gasteiger partial charge in [-0.25, -0.2) is 10.8 Å². The van der Waals surface area contributed by atoms with E-state index in [9.17, 15) is 0 Å². The minimum absolute atomic E-state index is 0.470. The largest absolute Gasteiger partial charge is 0.378 e. The maximum absolute atomic E-state index is 5.09. The first kappa shape index (κ1) is 7.90. The van der Waals surface area contributed by atoms with Gasteiger partial charge in [-0.2, -0.15) is 0 Å². The number of nitrogen functional groups attached to an aromatic ring is 1. The third-order valence-corrected chi connectivity index (χ3v) is 1.15. The van der Waals surface area contributed by atoms with Crippen molar-refractivity contribution in [1.29, 1.82) is 0 Å². The summed E-state index contributed by atoms with van der Waals surface area (Å²) in [5.41, 5.74) is 3.17. The lowest BCUT2D eigenvalue weighted by Gasteiger charge is -1.99. The fraction of sp³-hybridized carbons (Fsp3) is 0.333. The second-order valence-electron chi connectivity index (χ2n) is 1.97. The summed E-state index contributed by atoms with van der Waals surface area (Å²) >= 11 is 0. The van der Waals surface area contributed by atoms with Crippen LogP contribution in [0.25, 0.3) is 0 Å². The van der Waals surface area contributed by atoms with Crippen molar-refractivity contribution in [2.24, 2.45) is 5.84 Å². The van der Waals surface area contributed by atoms with E-state index in [1.54, 1.807) is 19.5 Å². The maximum Gasteiger partial charge on any atom is 0.158 e. The first-order valence-electron chi connectivity index (χ1n) is 3.13. The lowest BCUT2D eigenvalue weighted by Crippen LogP contribution is -2.09. The molecule has 3 N–H and O–H groups in total. The topological polar surface area (TPSA) is 73.1 Å². The number of nitrogens with two attached hydrogens (primary N) is 1. The minimum Gasteiger partial charge on any atom is -0.378 e. The molecule has 0 aliphatic rings. The van der Waals surface area contributed by atoms with E-state index in [0.717, 1.165) is 5.69 Å². The molecule has 11 heavy (non-hydrogen) atoms. The normalized spacial score (nSPS) is 9.64. The highest BCUT2D eigenvalue weighted by Crippen LogP contribution is 1.98. The zero-order chi connectivity index (χ0) is 8.10. The molecule has 1 rings (SSSR count). The van der Waals surface area contributed by atoms with Crippen LogP contribution in [0.5, 0.6) is 0 Å². The molecule has 0 aliphatic heterocycles. The number of hydrogen-bond acceptors (Lipinski definition) is 5. The number of aromatic nitrogens is 2. The van der Waals surface area contributed by atoms with Crippen molar-refractivity contribution in [1.82, 2.24) is 9.97 Å². The fourth-order valence-corrected chi connectivity index (χ4v) is 0.652. The van der Waals surface area contributed by atoms with Crippen LogP contribution in [0.15, 0.2) is 12.4 Å². The minimum atomic E-state index is 0.470. The number of hydrogen-bond donors (Lipinski definition) is 2. The number of ether oxygens (including phenoxy) is 1. The smallest absolute Gasteiger partial charge is 0.158 e. The SMILES string of the molecule is COCc1cnc(NN)cn1. The zero-order valence-electron chi connectivity index (χ0n) is 6.24. The highest BCUT2D eigenvalue weighted by molar-refractivity contribution is 5.28. The third kappa shape index (κ3) is 2.14. The molecule has 0 aliphatic carbocycles. The molecule has 0 spiro atoms. The molecule has 5 heteroatoms. The van der Waals surface area contributed by atoms with Gasteiger partial charge in [-0.05, 0) is 0 Å². The van der Waals surface area contributed by atoms with Crippen molar-refractivity contribution in [3.05, 3.63) is 18.1 Å². The summed E-state index contributed by atoms with van der Waals surface area (Å²) in [5.74, 6) is 5.64. The summed E-state index contributed by atoms with van der Waals surface area (Å²) in [5, 5.41) is 0. The van der Waals surface area contributed by atoms with Gasteiger partial charge in [0.25, 0.3) is 0 Å². The molecule has 0 radical (unpaired) electrons. The Balaban J connectivity index is 2.66. The molecule has 5 nitrogen and oxygen atoms in total. The first-order valence-corrected chi connectivity index (χ1v) is 3.13. The van der Waals surface area contributed by atoms with Gasteiger partial charge in [0.05, 0.1) is 24.7 Å². The van der Waals surface area contributed by atoms with E-state index < -0.39 is 0 Å². The number of hydrazine groups is 1. The van der Waals surface area contributed by atoms with Crippen LogP contribution in [0.1, 0.15) is 5.69 Å². The molecule has 0 saturated carbocycles. The van der Waals surface area contributed by atoms with E-state index in [0.29, 0.717) is 12.4 Å². The molecule has 0 amide bonds. The Morgan fingerprint density at radius 2 is 2.36 bits per heavy atom. The molecule has 0 unspecified atom stereocenters. The molecule has 60 valence electrons. The van der Waals surface area contributed by atoms with Gasteiger partial charge in [0.2, 0.25) is 0 Å². The van der Waals surface area contributed by atoms with E-state index in [-0.39, 0.29) is 0 Å². The van der Waals surface area contributed by atoms with Crippen molar-refractivity contribution < 1.29 is 4.74 Å². The zero-order valence-corrected chi connectivity index (χ0v) is 6.24. The average Bonchev–Trinajstić information content (AvgIpc) is 2.07. The predicted molar refractivity (Wildman–Crippen MR) is 40.6 cm³/mol. The van der Waals surface area contributed by atoms with E-state index in [1.165, 1.54) is 0 Å². The Morgan fingerprint density at radius 3 is 2.82 bits per heavy atom. The van der Waals surface area contributed by atoms with Gasteiger partial charge >= 0.3 is 0 Å². The van der Waals surface area contributed by atoms with Crippen LogP contribution in [0.2, 0.25) is 0 Å². The molecule has 0 bridgehead atoms. The van der Waals surface area contributed by atoms with Crippen LogP contribution < -0.4 is 11.3 Å². The quantitative estimate of drug-likeness (QED) is 0.470. The Bertz CT molecular complexity index is 210. The monoisotopic (exact) mass is 154 g/mol. The number of anilines is 1.